The zero-order valence-corrected chi connectivity index (χ0v) is 20.7. The van der Waals surface area contributed by atoms with Crippen molar-refractivity contribution in [1.82, 2.24) is 24.7 Å². The van der Waals surface area contributed by atoms with Crippen molar-refractivity contribution in [2.24, 2.45) is 0 Å². The molecule has 2 aromatic carbocycles. The summed E-state index contributed by atoms with van der Waals surface area (Å²) in [4.78, 5) is 16.7. The summed E-state index contributed by atoms with van der Waals surface area (Å²) in [5, 5.41) is 24.1. The van der Waals surface area contributed by atoms with Crippen LogP contribution in [-0.4, -0.2) is 63.8 Å². The van der Waals surface area contributed by atoms with Crippen molar-refractivity contribution in [2.45, 2.75) is 6.18 Å². The Labute approximate surface area is 221 Å². The molecule has 1 aliphatic rings. The third kappa shape index (κ3) is 5.66. The number of likely N-dealkylation sites (N-methyl/N-ethyl adjacent to an activating group) is 1. The first-order valence-corrected chi connectivity index (χ1v) is 11.9. The van der Waals surface area contributed by atoms with Crippen LogP contribution in [0.1, 0.15) is 32.9 Å². The molecule has 0 unspecified atom stereocenters. The van der Waals surface area contributed by atoms with E-state index in [0.717, 1.165) is 6.07 Å². The van der Waals surface area contributed by atoms with E-state index in [1.807, 2.05) is 18.0 Å². The standard InChI is InChI=1S/C27H21F3N8O/c1-36-9-11-37(12-10-36)23-6-5-20(16-22(23)27(28,29)30)26(39)33-21-14-18(13-19(15-21)17-31)4-7-25-35-34-24-3-2-8-32-38(24)25/h2-3,5-6,8,13-16H,9-12H2,1H3,(H,33,39). The molecule has 0 bridgehead atoms. The number of anilines is 2. The average Bonchev–Trinajstić information content (AvgIpc) is 3.34. The molecule has 4 aromatic rings. The summed E-state index contributed by atoms with van der Waals surface area (Å²) >= 11 is 0. The number of nitriles is 1. The molecule has 1 saturated heterocycles. The van der Waals surface area contributed by atoms with E-state index >= 15 is 0 Å². The van der Waals surface area contributed by atoms with Crippen molar-refractivity contribution < 1.29 is 18.0 Å². The highest BCUT2D eigenvalue weighted by molar-refractivity contribution is 6.05. The second-order valence-electron chi connectivity index (χ2n) is 8.95. The number of halogens is 3. The highest BCUT2D eigenvalue weighted by Gasteiger charge is 2.36. The number of amides is 1. The predicted octanol–water partition coefficient (Wildman–Crippen LogP) is 3.42. The number of piperazine rings is 1. The van der Waals surface area contributed by atoms with Crippen LogP contribution in [0.4, 0.5) is 24.5 Å². The maximum absolute atomic E-state index is 14.0. The highest BCUT2D eigenvalue weighted by atomic mass is 19.4. The van der Waals surface area contributed by atoms with Crippen molar-refractivity contribution in [3.05, 3.63) is 82.8 Å². The number of carbonyl (C=O) groups is 1. The molecule has 0 aliphatic carbocycles. The fourth-order valence-corrected chi connectivity index (χ4v) is 4.22. The fourth-order valence-electron chi connectivity index (χ4n) is 4.22. The maximum Gasteiger partial charge on any atom is 0.418 e. The minimum Gasteiger partial charge on any atom is -0.368 e. The first kappa shape index (κ1) is 25.7. The number of carbonyl (C=O) groups excluding carboxylic acids is 1. The Kier molecular flexibility index (Phi) is 6.88. The monoisotopic (exact) mass is 530 g/mol. The number of hydrogen-bond acceptors (Lipinski definition) is 7. The van der Waals surface area contributed by atoms with Crippen LogP contribution >= 0.6 is 0 Å². The third-order valence-electron chi connectivity index (χ3n) is 6.23. The molecule has 12 heteroatoms. The molecule has 1 aliphatic heterocycles. The third-order valence-corrected chi connectivity index (χ3v) is 6.23. The average molecular weight is 531 g/mol. The van der Waals surface area contributed by atoms with Gasteiger partial charge in [0.05, 0.1) is 17.2 Å². The van der Waals surface area contributed by atoms with E-state index in [9.17, 15) is 23.2 Å². The van der Waals surface area contributed by atoms with Crippen molar-refractivity contribution in [2.75, 3.05) is 43.4 Å². The first-order chi connectivity index (χ1) is 18.7. The smallest absolute Gasteiger partial charge is 0.368 e. The van der Waals surface area contributed by atoms with Crippen LogP contribution < -0.4 is 10.2 Å². The summed E-state index contributed by atoms with van der Waals surface area (Å²) in [6.07, 6.45) is -3.08. The zero-order chi connectivity index (χ0) is 27.6. The fraction of sp³-hybridized carbons (Fsp3) is 0.222. The highest BCUT2D eigenvalue weighted by Crippen LogP contribution is 2.37. The van der Waals surface area contributed by atoms with Crippen LogP contribution in [0.15, 0.2) is 54.7 Å². The molecule has 3 heterocycles. The molecule has 0 radical (unpaired) electrons. The predicted molar refractivity (Wildman–Crippen MR) is 137 cm³/mol. The number of aromatic nitrogens is 4. The molecule has 0 saturated carbocycles. The van der Waals surface area contributed by atoms with Crippen LogP contribution in [0, 0.1) is 23.2 Å². The molecule has 9 nitrogen and oxygen atoms in total. The SMILES string of the molecule is CN1CCN(c2ccc(C(=O)Nc3cc(C#N)cc(C#Cc4nnc5cccnn45)c3)cc2C(F)(F)F)CC1. The molecule has 39 heavy (non-hydrogen) atoms. The Hall–Kier alpha value is -4.94. The van der Waals surface area contributed by atoms with Crippen LogP contribution in [0.3, 0.4) is 0 Å². The van der Waals surface area contributed by atoms with Gasteiger partial charge in [-0.05, 0) is 61.5 Å². The van der Waals surface area contributed by atoms with Gasteiger partial charge in [-0.1, -0.05) is 5.92 Å². The van der Waals surface area contributed by atoms with Gasteiger partial charge in [-0.25, -0.2) is 0 Å². The van der Waals surface area contributed by atoms with Gasteiger partial charge in [0.1, 0.15) is 0 Å². The normalized spacial score (nSPS) is 14.0. The van der Waals surface area contributed by atoms with E-state index < -0.39 is 17.6 Å². The van der Waals surface area contributed by atoms with Gasteiger partial charge in [-0.2, -0.15) is 28.0 Å². The summed E-state index contributed by atoms with van der Waals surface area (Å²) in [6, 6.07) is 13.5. The van der Waals surface area contributed by atoms with Gasteiger partial charge in [0, 0.05) is 54.9 Å². The maximum atomic E-state index is 14.0. The Balaban J connectivity index is 1.41. The minimum atomic E-state index is -4.64. The topological polar surface area (TPSA) is 102 Å². The number of benzene rings is 2. The molecule has 5 rings (SSSR count). The van der Waals surface area contributed by atoms with Gasteiger partial charge >= 0.3 is 6.18 Å². The number of nitrogens with zero attached hydrogens (tertiary/aromatic N) is 7. The summed E-state index contributed by atoms with van der Waals surface area (Å²) in [6.45, 7) is 2.20. The summed E-state index contributed by atoms with van der Waals surface area (Å²) in [5.41, 5.74) is 0.344. The molecule has 2 aromatic heterocycles. The van der Waals surface area contributed by atoms with E-state index in [0.29, 0.717) is 37.4 Å². The lowest BCUT2D eigenvalue weighted by atomic mass is 10.0. The number of nitrogens with one attached hydrogen (secondary N) is 1. The van der Waals surface area contributed by atoms with Gasteiger partial charge in [0.15, 0.2) is 5.65 Å². The lowest BCUT2D eigenvalue weighted by molar-refractivity contribution is -0.137. The van der Waals surface area contributed by atoms with Gasteiger partial charge in [-0.3, -0.25) is 4.79 Å². The zero-order valence-electron chi connectivity index (χ0n) is 20.7. The quantitative estimate of drug-likeness (QED) is 0.405. The molecule has 0 spiro atoms. The van der Waals surface area contributed by atoms with Gasteiger partial charge in [0.25, 0.3) is 5.91 Å². The Morgan fingerprint density at radius 2 is 1.77 bits per heavy atom. The lowest BCUT2D eigenvalue weighted by Gasteiger charge is -2.35. The molecule has 1 N–H and O–H groups in total. The minimum absolute atomic E-state index is 0.0479. The Bertz CT molecular complexity index is 1650. The number of rotatable bonds is 3. The molecule has 196 valence electrons. The Morgan fingerprint density at radius 3 is 2.51 bits per heavy atom. The molecule has 1 fully saturated rings. The van der Waals surface area contributed by atoms with E-state index in [-0.39, 0.29) is 28.3 Å². The van der Waals surface area contributed by atoms with Gasteiger partial charge < -0.3 is 15.1 Å². The molecule has 0 atom stereocenters. The largest absolute Gasteiger partial charge is 0.418 e. The lowest BCUT2D eigenvalue weighted by Crippen LogP contribution is -2.45. The molecular weight excluding hydrogens is 509 g/mol. The van der Waals surface area contributed by atoms with Crippen LogP contribution in [0.5, 0.6) is 0 Å². The first-order valence-electron chi connectivity index (χ1n) is 11.9. The van der Waals surface area contributed by atoms with Crippen LogP contribution in [0.2, 0.25) is 0 Å². The summed E-state index contributed by atoms with van der Waals surface area (Å²) in [5.74, 6) is 5.24. The van der Waals surface area contributed by atoms with Crippen molar-refractivity contribution in [3.63, 3.8) is 0 Å². The van der Waals surface area contributed by atoms with Crippen LogP contribution in [0.25, 0.3) is 5.65 Å². The van der Waals surface area contributed by atoms with E-state index in [1.54, 1.807) is 23.2 Å². The number of hydrogen-bond donors (Lipinski definition) is 1. The summed E-state index contributed by atoms with van der Waals surface area (Å²) in [7, 11) is 1.92. The van der Waals surface area contributed by atoms with Gasteiger partial charge in [-0.15, -0.1) is 10.2 Å². The van der Waals surface area contributed by atoms with E-state index in [1.165, 1.54) is 34.8 Å². The second kappa shape index (κ2) is 10.4. The summed E-state index contributed by atoms with van der Waals surface area (Å²) < 4.78 is 43.3. The van der Waals surface area contributed by atoms with Crippen molar-refractivity contribution in [3.8, 4) is 17.9 Å². The van der Waals surface area contributed by atoms with E-state index in [4.69, 9.17) is 0 Å². The number of alkyl halides is 3. The Morgan fingerprint density at radius 1 is 1.00 bits per heavy atom. The molecule has 1 amide bonds. The molecular formula is C27H21F3N8O. The second-order valence-corrected chi connectivity index (χ2v) is 8.95. The number of fused-ring (bicyclic) bond motifs is 1. The van der Waals surface area contributed by atoms with Gasteiger partial charge in [0.2, 0.25) is 5.82 Å². The van der Waals surface area contributed by atoms with E-state index in [2.05, 4.69) is 32.5 Å². The van der Waals surface area contributed by atoms with Crippen LogP contribution in [-0.2, 0) is 6.18 Å². The van der Waals surface area contributed by atoms with Crippen molar-refractivity contribution in [1.29, 1.82) is 5.26 Å². The van der Waals surface area contributed by atoms with Crippen molar-refractivity contribution >= 4 is 22.9 Å².